The molecule has 1 heterocycles. The summed E-state index contributed by atoms with van der Waals surface area (Å²) in [6.45, 7) is 3.63. The molecule has 2 aromatic rings. The van der Waals surface area contributed by atoms with E-state index in [9.17, 15) is 9.90 Å². The molecule has 1 saturated carbocycles. The zero-order valence-electron chi connectivity index (χ0n) is 16.2. The summed E-state index contributed by atoms with van der Waals surface area (Å²) >= 11 is 0. The van der Waals surface area contributed by atoms with E-state index in [2.05, 4.69) is 30.9 Å². The number of rotatable bonds is 5. The fraction of sp³-hybridized carbons (Fsp3) is 0.524. The topological polar surface area (TPSA) is 68.7 Å². The van der Waals surface area contributed by atoms with Crippen molar-refractivity contribution in [3.8, 4) is 5.88 Å². The van der Waals surface area contributed by atoms with Crippen LogP contribution in [0, 0.1) is 0 Å². The van der Waals surface area contributed by atoms with Crippen molar-refractivity contribution in [3.05, 3.63) is 29.3 Å². The van der Waals surface area contributed by atoms with E-state index in [0.717, 1.165) is 54.3 Å². The Hall–Kier alpha value is -2.14. The largest absolute Gasteiger partial charge is 0.494 e. The number of nitrogens with one attached hydrogen (secondary N) is 1. The molecule has 0 spiro atoms. The summed E-state index contributed by atoms with van der Waals surface area (Å²) in [5, 5.41) is 11.4. The molecule has 0 saturated heterocycles. The Morgan fingerprint density at radius 3 is 2.54 bits per heavy atom. The lowest BCUT2D eigenvalue weighted by atomic mass is 9.90. The number of aliphatic imine (C=N–C) groups is 1. The van der Waals surface area contributed by atoms with Crippen molar-refractivity contribution in [1.29, 1.82) is 0 Å². The average molecular weight is 355 g/mol. The number of carbonyl (C=O) groups is 1. The number of nitrogens with zero attached hydrogens (tertiary/aromatic N) is 2. The van der Waals surface area contributed by atoms with Gasteiger partial charge in [-0.15, -0.1) is 0 Å². The van der Waals surface area contributed by atoms with E-state index in [0.29, 0.717) is 17.6 Å². The summed E-state index contributed by atoms with van der Waals surface area (Å²) in [5.74, 6) is 0.166. The van der Waals surface area contributed by atoms with Crippen LogP contribution in [0.25, 0.3) is 10.9 Å². The number of hydrogen-bond donors (Lipinski definition) is 2. The van der Waals surface area contributed by atoms with Crippen LogP contribution in [0.3, 0.4) is 0 Å². The SMILES string of the molecule is CCC(=NC1CCC(N(C)C)CC1)c1c(O)[nH]c2ccc(C(C)=O)cc12. The first kappa shape index (κ1) is 18.6. The van der Waals surface area contributed by atoms with Gasteiger partial charge in [0, 0.05) is 28.2 Å². The molecule has 26 heavy (non-hydrogen) atoms. The Morgan fingerprint density at radius 1 is 1.27 bits per heavy atom. The van der Waals surface area contributed by atoms with Crippen LogP contribution < -0.4 is 0 Å². The summed E-state index contributed by atoms with van der Waals surface area (Å²) < 4.78 is 0. The van der Waals surface area contributed by atoms with Crippen molar-refractivity contribution in [3.63, 3.8) is 0 Å². The van der Waals surface area contributed by atoms with Gasteiger partial charge >= 0.3 is 0 Å². The number of ketones is 1. The minimum Gasteiger partial charge on any atom is -0.494 e. The summed E-state index contributed by atoms with van der Waals surface area (Å²) in [7, 11) is 4.28. The number of fused-ring (bicyclic) bond motifs is 1. The standard InChI is InChI=1S/C21H29N3O2/c1-5-18(22-15-7-9-16(10-8-15)24(3)4)20-17-12-14(13(2)25)6-11-19(17)23-21(20)26/h6,11-12,15-16,23,26H,5,7-10H2,1-4H3. The molecule has 3 rings (SSSR count). The van der Waals surface area contributed by atoms with Gasteiger partial charge in [-0.2, -0.15) is 0 Å². The lowest BCUT2D eigenvalue weighted by molar-refractivity contribution is 0.101. The predicted molar refractivity (Wildman–Crippen MR) is 107 cm³/mol. The van der Waals surface area contributed by atoms with Gasteiger partial charge in [0.25, 0.3) is 0 Å². The Morgan fingerprint density at radius 2 is 1.96 bits per heavy atom. The molecule has 1 aromatic heterocycles. The van der Waals surface area contributed by atoms with Crippen LogP contribution in [0.5, 0.6) is 5.88 Å². The molecule has 5 heteroatoms. The number of carbonyl (C=O) groups excluding carboxylic acids is 1. The Kier molecular flexibility index (Phi) is 5.47. The first-order chi connectivity index (χ1) is 12.4. The zero-order chi connectivity index (χ0) is 18.8. The fourth-order valence-corrected chi connectivity index (χ4v) is 3.95. The third-order valence-electron chi connectivity index (χ3n) is 5.54. The molecule has 0 atom stereocenters. The van der Waals surface area contributed by atoms with Crippen LogP contribution in [0.4, 0.5) is 0 Å². The summed E-state index contributed by atoms with van der Waals surface area (Å²) in [6, 6.07) is 6.45. The van der Waals surface area contributed by atoms with Crippen LogP contribution in [0.1, 0.15) is 61.9 Å². The highest BCUT2D eigenvalue weighted by molar-refractivity contribution is 6.14. The molecule has 0 unspecified atom stereocenters. The average Bonchev–Trinajstić information content (AvgIpc) is 2.95. The summed E-state index contributed by atoms with van der Waals surface area (Å²) in [4.78, 5) is 22.1. The molecule has 140 valence electrons. The van der Waals surface area contributed by atoms with Crippen molar-refractivity contribution in [2.75, 3.05) is 14.1 Å². The molecule has 1 fully saturated rings. The van der Waals surface area contributed by atoms with Crippen LogP contribution in [-0.4, -0.2) is 52.7 Å². The third-order valence-corrected chi connectivity index (χ3v) is 5.54. The molecule has 1 aliphatic carbocycles. The maximum absolute atomic E-state index is 11.7. The number of hydrogen-bond acceptors (Lipinski definition) is 4. The van der Waals surface area contributed by atoms with Crippen molar-refractivity contribution in [2.45, 2.75) is 58.0 Å². The van der Waals surface area contributed by atoms with Crippen LogP contribution in [-0.2, 0) is 0 Å². The molecular formula is C21H29N3O2. The zero-order valence-corrected chi connectivity index (χ0v) is 16.2. The number of H-pyrrole nitrogens is 1. The first-order valence-electron chi connectivity index (χ1n) is 9.49. The lowest BCUT2D eigenvalue weighted by Crippen LogP contribution is -2.33. The van der Waals surface area contributed by atoms with Crippen molar-refractivity contribution in [1.82, 2.24) is 9.88 Å². The van der Waals surface area contributed by atoms with E-state index in [-0.39, 0.29) is 11.7 Å². The molecule has 2 N–H and O–H groups in total. The van der Waals surface area contributed by atoms with Gasteiger partial charge in [-0.1, -0.05) is 6.92 Å². The Bertz CT molecular complexity index is 827. The Balaban J connectivity index is 1.94. The van der Waals surface area contributed by atoms with E-state index in [1.165, 1.54) is 0 Å². The normalized spacial score (nSPS) is 21.5. The van der Waals surface area contributed by atoms with Gasteiger partial charge in [0.2, 0.25) is 0 Å². The van der Waals surface area contributed by atoms with Gasteiger partial charge < -0.3 is 15.0 Å². The molecule has 0 amide bonds. The maximum Gasteiger partial charge on any atom is 0.198 e. The third kappa shape index (κ3) is 3.68. The molecule has 0 bridgehead atoms. The van der Waals surface area contributed by atoms with E-state index >= 15 is 0 Å². The monoisotopic (exact) mass is 355 g/mol. The van der Waals surface area contributed by atoms with Crippen LogP contribution in [0.15, 0.2) is 23.2 Å². The molecule has 1 aromatic carbocycles. The number of Topliss-reactive ketones (excluding diaryl/α,β-unsaturated/α-hetero) is 1. The summed E-state index contributed by atoms with van der Waals surface area (Å²) in [5.41, 5.74) is 3.16. The fourth-order valence-electron chi connectivity index (χ4n) is 3.95. The van der Waals surface area contributed by atoms with E-state index in [1.54, 1.807) is 13.0 Å². The van der Waals surface area contributed by atoms with Crippen LogP contribution in [0.2, 0.25) is 0 Å². The van der Waals surface area contributed by atoms with Crippen molar-refractivity contribution < 1.29 is 9.90 Å². The number of aromatic hydroxyl groups is 1. The second-order valence-corrected chi connectivity index (χ2v) is 7.52. The van der Waals surface area contributed by atoms with Gasteiger partial charge in [0.15, 0.2) is 11.7 Å². The number of aromatic amines is 1. The maximum atomic E-state index is 11.7. The number of aromatic nitrogens is 1. The minimum absolute atomic E-state index is 0.0236. The highest BCUT2D eigenvalue weighted by Crippen LogP contribution is 2.31. The van der Waals surface area contributed by atoms with E-state index in [1.807, 2.05) is 12.1 Å². The highest BCUT2D eigenvalue weighted by atomic mass is 16.3. The smallest absolute Gasteiger partial charge is 0.198 e. The van der Waals surface area contributed by atoms with Gasteiger partial charge in [-0.25, -0.2) is 0 Å². The second kappa shape index (κ2) is 7.62. The van der Waals surface area contributed by atoms with Gasteiger partial charge in [0.1, 0.15) is 0 Å². The van der Waals surface area contributed by atoms with Gasteiger partial charge in [-0.3, -0.25) is 9.79 Å². The Labute approximate surface area is 155 Å². The highest BCUT2D eigenvalue weighted by Gasteiger charge is 2.23. The van der Waals surface area contributed by atoms with Crippen molar-refractivity contribution in [2.24, 2.45) is 4.99 Å². The quantitative estimate of drug-likeness (QED) is 0.625. The van der Waals surface area contributed by atoms with E-state index in [4.69, 9.17) is 4.99 Å². The molecule has 0 aliphatic heterocycles. The van der Waals surface area contributed by atoms with Crippen molar-refractivity contribution >= 4 is 22.4 Å². The molecule has 5 nitrogen and oxygen atoms in total. The van der Waals surface area contributed by atoms with E-state index < -0.39 is 0 Å². The number of benzene rings is 1. The second-order valence-electron chi connectivity index (χ2n) is 7.52. The summed E-state index contributed by atoms with van der Waals surface area (Å²) in [6.07, 6.45) is 5.22. The predicted octanol–water partition coefficient (Wildman–Crippen LogP) is 4.15. The first-order valence-corrected chi connectivity index (χ1v) is 9.49. The minimum atomic E-state index is 0.0236. The van der Waals surface area contributed by atoms with Gasteiger partial charge in [0.05, 0.1) is 11.6 Å². The lowest BCUT2D eigenvalue weighted by Gasteiger charge is -2.31. The molecular weight excluding hydrogens is 326 g/mol. The molecule has 1 aliphatic rings. The van der Waals surface area contributed by atoms with Gasteiger partial charge in [-0.05, 0) is 71.3 Å². The molecule has 0 radical (unpaired) electrons. The van der Waals surface area contributed by atoms with Crippen LogP contribution >= 0.6 is 0 Å².